The number of aryl methyl sites for hydroxylation is 1. The Bertz CT molecular complexity index is 788. The number of amides is 1. The third-order valence-electron chi connectivity index (χ3n) is 4.17. The zero-order valence-electron chi connectivity index (χ0n) is 13.8. The van der Waals surface area contributed by atoms with Gasteiger partial charge in [-0.15, -0.1) is 0 Å². The van der Waals surface area contributed by atoms with Crippen molar-refractivity contribution < 1.29 is 19.1 Å². The number of benzene rings is 1. The molecule has 0 spiro atoms. The van der Waals surface area contributed by atoms with E-state index >= 15 is 0 Å². The van der Waals surface area contributed by atoms with Gasteiger partial charge >= 0.3 is 5.97 Å². The van der Waals surface area contributed by atoms with Crippen molar-refractivity contribution >= 4 is 17.7 Å². The van der Waals surface area contributed by atoms with E-state index in [1.165, 1.54) is 16.8 Å². The molecule has 2 N–H and O–H groups in total. The number of aliphatic carboxylic acids is 1. The number of hydrogen-bond donors (Lipinski definition) is 2. The van der Waals surface area contributed by atoms with Crippen molar-refractivity contribution in [2.24, 2.45) is 0 Å². The summed E-state index contributed by atoms with van der Waals surface area (Å²) < 4.78 is 14.6. The Hall–Kier alpha value is -2.74. The van der Waals surface area contributed by atoms with Crippen molar-refractivity contribution in [3.05, 3.63) is 41.8 Å². The molecule has 0 bridgehead atoms. The van der Waals surface area contributed by atoms with E-state index in [-0.39, 0.29) is 18.3 Å². The highest BCUT2D eigenvalue weighted by Gasteiger charge is 2.31. The molecule has 1 amide bonds. The number of carboxylic acid groups (broad SMARTS) is 1. The number of likely N-dealkylation sites (tertiary alicyclic amines) is 1. The monoisotopic (exact) mass is 346 g/mol. The van der Waals surface area contributed by atoms with Crippen LogP contribution in [-0.2, 0) is 9.59 Å². The summed E-state index contributed by atoms with van der Waals surface area (Å²) in [6.45, 7) is 2.38. The van der Waals surface area contributed by atoms with Gasteiger partial charge in [-0.2, -0.15) is 5.10 Å². The fourth-order valence-corrected chi connectivity index (χ4v) is 3.03. The van der Waals surface area contributed by atoms with Crippen LogP contribution in [0.1, 0.15) is 18.5 Å². The molecule has 0 aliphatic carbocycles. The van der Waals surface area contributed by atoms with Gasteiger partial charge in [-0.05, 0) is 50.6 Å². The van der Waals surface area contributed by atoms with Gasteiger partial charge in [-0.25, -0.2) is 9.07 Å². The number of aromatic nitrogens is 2. The van der Waals surface area contributed by atoms with Crippen molar-refractivity contribution in [2.45, 2.75) is 25.8 Å². The molecule has 1 aliphatic heterocycles. The molecule has 132 valence electrons. The zero-order chi connectivity index (χ0) is 18.0. The van der Waals surface area contributed by atoms with E-state index in [0.717, 1.165) is 6.42 Å². The molecule has 1 fully saturated rings. The highest BCUT2D eigenvalue weighted by molar-refractivity contribution is 5.92. The van der Waals surface area contributed by atoms with E-state index in [1.807, 2.05) is 0 Å². The summed E-state index contributed by atoms with van der Waals surface area (Å²) in [6, 6.07) is 6.87. The molecule has 1 saturated heterocycles. The Balaban J connectivity index is 1.73. The van der Waals surface area contributed by atoms with Crippen LogP contribution in [0, 0.1) is 12.7 Å². The number of anilines is 1. The summed E-state index contributed by atoms with van der Waals surface area (Å²) in [5.74, 6) is -1.11. The van der Waals surface area contributed by atoms with Crippen LogP contribution in [0.15, 0.2) is 30.3 Å². The molecule has 7 nitrogen and oxygen atoms in total. The number of hydrogen-bond acceptors (Lipinski definition) is 4. The second-order valence-corrected chi connectivity index (χ2v) is 6.07. The second-order valence-electron chi connectivity index (χ2n) is 6.07. The molecule has 1 aromatic carbocycles. The summed E-state index contributed by atoms with van der Waals surface area (Å²) in [5.41, 5.74) is 1.32. The average molecular weight is 346 g/mol. The van der Waals surface area contributed by atoms with Crippen LogP contribution in [-0.4, -0.2) is 50.8 Å². The lowest BCUT2D eigenvalue weighted by atomic mass is 10.2. The van der Waals surface area contributed by atoms with Gasteiger partial charge in [0.25, 0.3) is 0 Å². The van der Waals surface area contributed by atoms with Gasteiger partial charge in [0, 0.05) is 6.07 Å². The molecule has 8 heteroatoms. The molecule has 1 unspecified atom stereocenters. The molecular formula is C17H19FN4O3. The first-order chi connectivity index (χ1) is 11.9. The Morgan fingerprint density at radius 2 is 2.08 bits per heavy atom. The number of rotatable bonds is 5. The predicted molar refractivity (Wildman–Crippen MR) is 89.1 cm³/mol. The first-order valence-electron chi connectivity index (χ1n) is 8.03. The summed E-state index contributed by atoms with van der Waals surface area (Å²) in [6.07, 6.45) is 1.31. The SMILES string of the molecule is Cc1cc(NC(=O)CN2CCCC2C(=O)O)n(-c2ccc(F)cc2)n1. The molecule has 2 heterocycles. The molecule has 0 saturated carbocycles. The van der Waals surface area contributed by atoms with Crippen molar-refractivity contribution in [2.75, 3.05) is 18.4 Å². The van der Waals surface area contributed by atoms with Gasteiger partial charge in [0.1, 0.15) is 17.7 Å². The van der Waals surface area contributed by atoms with Crippen LogP contribution in [0.4, 0.5) is 10.2 Å². The quantitative estimate of drug-likeness (QED) is 0.862. The second kappa shape index (κ2) is 7.02. The molecule has 0 radical (unpaired) electrons. The average Bonchev–Trinajstić information content (AvgIpc) is 3.15. The van der Waals surface area contributed by atoms with E-state index in [4.69, 9.17) is 0 Å². The topological polar surface area (TPSA) is 87.5 Å². The molecule has 2 aromatic rings. The largest absolute Gasteiger partial charge is 0.480 e. The third-order valence-corrected chi connectivity index (χ3v) is 4.17. The lowest BCUT2D eigenvalue weighted by molar-refractivity contribution is -0.142. The predicted octanol–water partition coefficient (Wildman–Crippen LogP) is 1.81. The number of nitrogens with zero attached hydrogens (tertiary/aromatic N) is 3. The Morgan fingerprint density at radius 3 is 2.76 bits per heavy atom. The molecule has 1 aromatic heterocycles. The third kappa shape index (κ3) is 3.85. The Morgan fingerprint density at radius 1 is 1.36 bits per heavy atom. The van der Waals surface area contributed by atoms with Crippen molar-refractivity contribution in [3.8, 4) is 5.69 Å². The highest BCUT2D eigenvalue weighted by atomic mass is 19.1. The van der Waals surface area contributed by atoms with Gasteiger partial charge in [0.15, 0.2) is 0 Å². The van der Waals surface area contributed by atoms with Crippen LogP contribution < -0.4 is 5.32 Å². The molecule has 3 rings (SSSR count). The zero-order valence-corrected chi connectivity index (χ0v) is 13.8. The van der Waals surface area contributed by atoms with Crippen molar-refractivity contribution in [1.29, 1.82) is 0 Å². The minimum absolute atomic E-state index is 0.00458. The maximum atomic E-state index is 13.1. The van der Waals surface area contributed by atoms with Crippen LogP contribution in [0.25, 0.3) is 5.69 Å². The Kier molecular flexibility index (Phi) is 4.80. The lowest BCUT2D eigenvalue weighted by Crippen LogP contribution is -2.41. The fraction of sp³-hybridized carbons (Fsp3) is 0.353. The summed E-state index contributed by atoms with van der Waals surface area (Å²) in [7, 11) is 0. The Labute approximate surface area is 144 Å². The summed E-state index contributed by atoms with van der Waals surface area (Å²) in [5, 5.41) is 16.3. The van der Waals surface area contributed by atoms with Gasteiger partial charge in [-0.1, -0.05) is 0 Å². The van der Waals surface area contributed by atoms with E-state index in [2.05, 4.69) is 10.4 Å². The number of carboxylic acids is 1. The smallest absolute Gasteiger partial charge is 0.320 e. The lowest BCUT2D eigenvalue weighted by Gasteiger charge is -2.20. The maximum Gasteiger partial charge on any atom is 0.320 e. The van der Waals surface area contributed by atoms with Gasteiger partial charge in [-0.3, -0.25) is 14.5 Å². The fourth-order valence-electron chi connectivity index (χ4n) is 3.03. The number of carbonyl (C=O) groups excluding carboxylic acids is 1. The minimum atomic E-state index is -0.905. The summed E-state index contributed by atoms with van der Waals surface area (Å²) in [4.78, 5) is 25.2. The van der Waals surface area contributed by atoms with Crippen LogP contribution in [0.3, 0.4) is 0 Å². The first-order valence-corrected chi connectivity index (χ1v) is 8.03. The molecule has 1 atom stereocenters. The summed E-state index contributed by atoms with van der Waals surface area (Å²) >= 11 is 0. The molecular weight excluding hydrogens is 327 g/mol. The van der Waals surface area contributed by atoms with E-state index in [0.29, 0.717) is 30.2 Å². The minimum Gasteiger partial charge on any atom is -0.480 e. The number of nitrogens with one attached hydrogen (secondary N) is 1. The van der Waals surface area contributed by atoms with E-state index in [9.17, 15) is 19.1 Å². The molecule has 25 heavy (non-hydrogen) atoms. The van der Waals surface area contributed by atoms with Crippen LogP contribution >= 0.6 is 0 Å². The molecule has 1 aliphatic rings. The van der Waals surface area contributed by atoms with Gasteiger partial charge < -0.3 is 10.4 Å². The standard InChI is InChI=1S/C17H19FN4O3/c1-11-9-15(22(20-11)13-6-4-12(18)5-7-13)19-16(23)10-21-8-2-3-14(21)17(24)25/h4-7,9,14H,2-3,8,10H2,1H3,(H,19,23)(H,24,25). The van der Waals surface area contributed by atoms with E-state index < -0.39 is 12.0 Å². The normalized spacial score (nSPS) is 17.6. The van der Waals surface area contributed by atoms with Crippen LogP contribution in [0.2, 0.25) is 0 Å². The number of halogens is 1. The number of carbonyl (C=O) groups is 2. The van der Waals surface area contributed by atoms with Gasteiger partial charge in [0.2, 0.25) is 5.91 Å². The van der Waals surface area contributed by atoms with Gasteiger partial charge in [0.05, 0.1) is 17.9 Å². The van der Waals surface area contributed by atoms with Crippen molar-refractivity contribution in [3.63, 3.8) is 0 Å². The highest BCUT2D eigenvalue weighted by Crippen LogP contribution is 2.19. The van der Waals surface area contributed by atoms with E-state index in [1.54, 1.807) is 30.0 Å². The maximum absolute atomic E-state index is 13.1. The van der Waals surface area contributed by atoms with Crippen LogP contribution in [0.5, 0.6) is 0 Å². The van der Waals surface area contributed by atoms with Crippen molar-refractivity contribution in [1.82, 2.24) is 14.7 Å². The first kappa shape index (κ1) is 17.1.